The monoisotopic (exact) mass is 196 g/mol. The summed E-state index contributed by atoms with van der Waals surface area (Å²) in [5.74, 6) is 1.81. The number of aromatic nitrogens is 2. The molecule has 13 heavy (non-hydrogen) atoms. The minimum atomic E-state index is 0.249. The van der Waals surface area contributed by atoms with Gasteiger partial charge in [-0.3, -0.25) is 4.79 Å². The molecule has 1 aromatic heterocycles. The molecule has 0 aliphatic heterocycles. The standard InChI is InChI=1S/C9H12N2OS/c1-2-7(12)5-8-10-9(11-13-8)6-3-4-6/h6H,2-5H2,1H3. The van der Waals surface area contributed by atoms with Gasteiger partial charge in [-0.05, 0) is 24.4 Å². The van der Waals surface area contributed by atoms with Crippen LogP contribution in [0.15, 0.2) is 0 Å². The summed E-state index contributed by atoms with van der Waals surface area (Å²) in [6.07, 6.45) is 3.51. The minimum absolute atomic E-state index is 0.249. The largest absolute Gasteiger partial charge is 0.299 e. The second kappa shape index (κ2) is 3.54. The zero-order chi connectivity index (χ0) is 9.26. The Morgan fingerprint density at radius 2 is 2.38 bits per heavy atom. The average Bonchev–Trinajstić information content (AvgIpc) is 2.88. The Bertz CT molecular complexity index is 317. The number of Topliss-reactive ketones (excluding diaryl/α,β-unsaturated/α-hetero) is 1. The summed E-state index contributed by atoms with van der Waals surface area (Å²) < 4.78 is 4.24. The van der Waals surface area contributed by atoms with Gasteiger partial charge in [-0.1, -0.05) is 6.92 Å². The highest BCUT2D eigenvalue weighted by molar-refractivity contribution is 7.05. The first-order valence-corrected chi connectivity index (χ1v) is 5.41. The number of rotatable bonds is 4. The Labute approximate surface area is 81.4 Å². The Morgan fingerprint density at radius 3 is 3.00 bits per heavy atom. The van der Waals surface area contributed by atoms with Crippen LogP contribution in [-0.2, 0) is 11.2 Å². The van der Waals surface area contributed by atoms with Crippen LogP contribution in [0.2, 0.25) is 0 Å². The summed E-state index contributed by atoms with van der Waals surface area (Å²) in [7, 11) is 0. The molecule has 0 saturated heterocycles. The van der Waals surface area contributed by atoms with Crippen LogP contribution in [0.25, 0.3) is 0 Å². The molecular weight excluding hydrogens is 184 g/mol. The third kappa shape index (κ3) is 2.12. The third-order valence-corrected chi connectivity index (χ3v) is 2.89. The van der Waals surface area contributed by atoms with Crippen molar-refractivity contribution in [3.05, 3.63) is 10.8 Å². The van der Waals surface area contributed by atoms with Gasteiger partial charge in [0, 0.05) is 12.3 Å². The van der Waals surface area contributed by atoms with Crippen LogP contribution in [0.5, 0.6) is 0 Å². The second-order valence-corrected chi connectivity index (χ2v) is 4.23. The molecule has 1 aliphatic carbocycles. The lowest BCUT2D eigenvalue weighted by atomic mass is 10.2. The van der Waals surface area contributed by atoms with Gasteiger partial charge in [-0.2, -0.15) is 4.37 Å². The van der Waals surface area contributed by atoms with Gasteiger partial charge in [0.15, 0.2) is 0 Å². The van der Waals surface area contributed by atoms with E-state index in [-0.39, 0.29) is 5.78 Å². The maximum absolute atomic E-state index is 11.1. The molecule has 2 rings (SSSR count). The van der Waals surface area contributed by atoms with Crippen molar-refractivity contribution in [3.8, 4) is 0 Å². The van der Waals surface area contributed by atoms with Crippen LogP contribution in [-0.4, -0.2) is 15.1 Å². The van der Waals surface area contributed by atoms with Crippen molar-refractivity contribution >= 4 is 17.3 Å². The molecule has 0 amide bonds. The smallest absolute Gasteiger partial charge is 0.145 e. The summed E-state index contributed by atoms with van der Waals surface area (Å²) in [6, 6.07) is 0. The normalized spacial score (nSPS) is 16.1. The van der Waals surface area contributed by atoms with Crippen molar-refractivity contribution in [1.29, 1.82) is 0 Å². The predicted octanol–water partition coefficient (Wildman–Crippen LogP) is 1.94. The first kappa shape index (κ1) is 8.81. The van der Waals surface area contributed by atoms with Gasteiger partial charge in [0.1, 0.15) is 16.6 Å². The van der Waals surface area contributed by atoms with Crippen molar-refractivity contribution in [2.24, 2.45) is 0 Å². The van der Waals surface area contributed by atoms with E-state index >= 15 is 0 Å². The van der Waals surface area contributed by atoms with Gasteiger partial charge >= 0.3 is 0 Å². The SMILES string of the molecule is CCC(=O)Cc1nc(C2CC2)ns1. The van der Waals surface area contributed by atoms with E-state index in [0.29, 0.717) is 18.8 Å². The molecule has 1 aliphatic rings. The quantitative estimate of drug-likeness (QED) is 0.739. The molecule has 0 atom stereocenters. The molecule has 3 nitrogen and oxygen atoms in total. The van der Waals surface area contributed by atoms with Gasteiger partial charge in [0.05, 0.1) is 6.42 Å². The van der Waals surface area contributed by atoms with Gasteiger partial charge in [-0.25, -0.2) is 4.98 Å². The topological polar surface area (TPSA) is 42.9 Å². The summed E-state index contributed by atoms with van der Waals surface area (Å²) >= 11 is 1.38. The summed E-state index contributed by atoms with van der Waals surface area (Å²) in [5.41, 5.74) is 0. The third-order valence-electron chi connectivity index (χ3n) is 2.17. The van der Waals surface area contributed by atoms with Crippen LogP contribution in [0.4, 0.5) is 0 Å². The molecule has 1 aromatic rings. The molecule has 0 radical (unpaired) electrons. The highest BCUT2D eigenvalue weighted by atomic mass is 32.1. The Balaban J connectivity index is 2.00. The number of carbonyl (C=O) groups is 1. The van der Waals surface area contributed by atoms with Crippen molar-refractivity contribution in [1.82, 2.24) is 9.36 Å². The molecule has 70 valence electrons. The fourth-order valence-corrected chi connectivity index (χ4v) is 1.89. The summed E-state index contributed by atoms with van der Waals surface area (Å²) in [4.78, 5) is 15.5. The van der Waals surface area contributed by atoms with E-state index in [2.05, 4.69) is 9.36 Å². The van der Waals surface area contributed by atoms with Crippen molar-refractivity contribution in [3.63, 3.8) is 0 Å². The van der Waals surface area contributed by atoms with E-state index < -0.39 is 0 Å². The van der Waals surface area contributed by atoms with Crippen LogP contribution in [0.1, 0.15) is 42.9 Å². The fraction of sp³-hybridized carbons (Fsp3) is 0.667. The highest BCUT2D eigenvalue weighted by Gasteiger charge is 2.27. The molecule has 1 heterocycles. The van der Waals surface area contributed by atoms with Crippen LogP contribution < -0.4 is 0 Å². The lowest BCUT2D eigenvalue weighted by molar-refractivity contribution is -0.118. The van der Waals surface area contributed by atoms with Gasteiger partial charge in [-0.15, -0.1) is 0 Å². The molecule has 1 saturated carbocycles. The van der Waals surface area contributed by atoms with Crippen LogP contribution in [0.3, 0.4) is 0 Å². The van der Waals surface area contributed by atoms with E-state index in [9.17, 15) is 4.79 Å². The van der Waals surface area contributed by atoms with E-state index in [1.54, 1.807) is 0 Å². The molecule has 0 spiro atoms. The average molecular weight is 196 g/mol. The number of ketones is 1. The van der Waals surface area contributed by atoms with Crippen LogP contribution in [0, 0.1) is 0 Å². The van der Waals surface area contributed by atoms with E-state index in [4.69, 9.17) is 0 Å². The first-order chi connectivity index (χ1) is 6.29. The minimum Gasteiger partial charge on any atom is -0.299 e. The number of carbonyl (C=O) groups excluding carboxylic acids is 1. The van der Waals surface area contributed by atoms with Crippen molar-refractivity contribution in [2.45, 2.75) is 38.5 Å². The number of hydrogen-bond acceptors (Lipinski definition) is 4. The zero-order valence-electron chi connectivity index (χ0n) is 7.62. The lowest BCUT2D eigenvalue weighted by Gasteiger charge is -1.89. The highest BCUT2D eigenvalue weighted by Crippen LogP contribution is 2.38. The molecule has 0 N–H and O–H groups in total. The summed E-state index contributed by atoms with van der Waals surface area (Å²) in [6.45, 7) is 1.88. The first-order valence-electron chi connectivity index (χ1n) is 4.63. The maximum atomic E-state index is 11.1. The molecule has 0 unspecified atom stereocenters. The Morgan fingerprint density at radius 1 is 1.62 bits per heavy atom. The van der Waals surface area contributed by atoms with Gasteiger partial charge < -0.3 is 0 Å². The van der Waals surface area contributed by atoms with E-state index in [1.807, 2.05) is 6.92 Å². The number of nitrogens with zero attached hydrogens (tertiary/aromatic N) is 2. The van der Waals surface area contributed by atoms with E-state index in [1.165, 1.54) is 24.4 Å². The number of hydrogen-bond donors (Lipinski definition) is 0. The van der Waals surface area contributed by atoms with Gasteiger partial charge in [0.25, 0.3) is 0 Å². The van der Waals surface area contributed by atoms with Crippen LogP contribution >= 0.6 is 11.5 Å². The molecular formula is C9H12N2OS. The molecule has 1 fully saturated rings. The Hall–Kier alpha value is -0.770. The van der Waals surface area contributed by atoms with E-state index in [0.717, 1.165) is 10.8 Å². The predicted molar refractivity (Wildman–Crippen MR) is 50.9 cm³/mol. The van der Waals surface area contributed by atoms with Gasteiger partial charge in [0.2, 0.25) is 0 Å². The summed E-state index contributed by atoms with van der Waals surface area (Å²) in [5, 5.41) is 0.883. The molecule has 0 bridgehead atoms. The zero-order valence-corrected chi connectivity index (χ0v) is 8.43. The molecule has 4 heteroatoms. The Kier molecular flexibility index (Phi) is 2.40. The lowest BCUT2D eigenvalue weighted by Crippen LogP contribution is -1.99. The maximum Gasteiger partial charge on any atom is 0.145 e. The van der Waals surface area contributed by atoms with Crippen molar-refractivity contribution < 1.29 is 4.79 Å². The second-order valence-electron chi connectivity index (χ2n) is 3.39. The molecule has 0 aromatic carbocycles. The van der Waals surface area contributed by atoms with Crippen molar-refractivity contribution in [2.75, 3.05) is 0 Å². The fourth-order valence-electron chi connectivity index (χ4n) is 1.14.